The molecule has 0 saturated heterocycles. The normalized spacial score (nSPS) is 20.1. The number of ether oxygens (including phenoxy) is 2. The number of benzene rings is 1. The van der Waals surface area contributed by atoms with Crippen LogP contribution in [0.25, 0.3) is 0 Å². The predicted molar refractivity (Wildman–Crippen MR) is 103 cm³/mol. The molecule has 1 saturated carbocycles. The van der Waals surface area contributed by atoms with Crippen molar-refractivity contribution in [2.75, 3.05) is 20.8 Å². The standard InChI is InChI=1S/C21H29N3O3/c1-15(20(25)23-21(14-22)8-5-4-6-9-21)24-10-7-16-11-18(26-2)19(27-3)12-17(16)13-24/h11-12,15H,4-10,13H2,1-3H3,(H,23,25)/t15-/m0/s1. The molecule has 0 radical (unpaired) electrons. The van der Waals surface area contributed by atoms with Crippen molar-refractivity contribution in [2.45, 2.75) is 63.6 Å². The highest BCUT2D eigenvalue weighted by Crippen LogP contribution is 2.34. The zero-order valence-corrected chi connectivity index (χ0v) is 16.5. The van der Waals surface area contributed by atoms with E-state index in [1.165, 1.54) is 5.56 Å². The Labute approximate surface area is 161 Å². The highest BCUT2D eigenvalue weighted by Gasteiger charge is 2.36. The Kier molecular flexibility index (Phi) is 5.91. The number of hydrogen-bond donors (Lipinski definition) is 1. The first-order valence-corrected chi connectivity index (χ1v) is 9.73. The summed E-state index contributed by atoms with van der Waals surface area (Å²) in [7, 11) is 3.27. The summed E-state index contributed by atoms with van der Waals surface area (Å²) >= 11 is 0. The Morgan fingerprint density at radius 3 is 2.41 bits per heavy atom. The molecule has 0 bridgehead atoms. The highest BCUT2D eigenvalue weighted by atomic mass is 16.5. The number of nitrogens with zero attached hydrogens (tertiary/aromatic N) is 2. The second kappa shape index (κ2) is 8.18. The Hall–Kier alpha value is -2.26. The quantitative estimate of drug-likeness (QED) is 0.861. The summed E-state index contributed by atoms with van der Waals surface area (Å²) in [6.45, 7) is 3.41. The highest BCUT2D eigenvalue weighted by molar-refractivity contribution is 5.82. The van der Waals surface area contributed by atoms with Gasteiger partial charge in [-0.1, -0.05) is 19.3 Å². The fourth-order valence-electron chi connectivity index (χ4n) is 4.16. The van der Waals surface area contributed by atoms with Gasteiger partial charge in [0.2, 0.25) is 5.91 Å². The van der Waals surface area contributed by atoms with E-state index in [4.69, 9.17) is 9.47 Å². The molecule has 1 N–H and O–H groups in total. The van der Waals surface area contributed by atoms with Gasteiger partial charge < -0.3 is 14.8 Å². The molecule has 2 aliphatic rings. The van der Waals surface area contributed by atoms with Gasteiger partial charge in [-0.25, -0.2) is 0 Å². The van der Waals surface area contributed by atoms with Crippen LogP contribution in [-0.4, -0.2) is 43.2 Å². The second-order valence-electron chi connectivity index (χ2n) is 7.62. The molecule has 1 aliphatic carbocycles. The van der Waals surface area contributed by atoms with Crippen LogP contribution in [0.1, 0.15) is 50.2 Å². The lowest BCUT2D eigenvalue weighted by atomic mass is 9.82. The molecule has 1 fully saturated rings. The van der Waals surface area contributed by atoms with E-state index in [0.29, 0.717) is 12.3 Å². The third-order valence-corrected chi connectivity index (χ3v) is 5.96. The molecule has 6 nitrogen and oxygen atoms in total. The molecular weight excluding hydrogens is 342 g/mol. The van der Waals surface area contributed by atoms with Crippen molar-refractivity contribution in [3.63, 3.8) is 0 Å². The first-order valence-electron chi connectivity index (χ1n) is 9.73. The van der Waals surface area contributed by atoms with Crippen LogP contribution in [-0.2, 0) is 17.8 Å². The summed E-state index contributed by atoms with van der Waals surface area (Å²) in [5.74, 6) is 1.40. The van der Waals surface area contributed by atoms with Gasteiger partial charge in [0.15, 0.2) is 11.5 Å². The van der Waals surface area contributed by atoms with Crippen LogP contribution in [0.5, 0.6) is 11.5 Å². The van der Waals surface area contributed by atoms with E-state index in [1.54, 1.807) is 14.2 Å². The van der Waals surface area contributed by atoms with E-state index in [-0.39, 0.29) is 11.9 Å². The Balaban J connectivity index is 1.70. The van der Waals surface area contributed by atoms with E-state index < -0.39 is 5.54 Å². The molecule has 3 rings (SSSR count). The maximum absolute atomic E-state index is 12.9. The SMILES string of the molecule is COc1cc2c(cc1OC)CN([C@@H](C)C(=O)NC1(C#N)CCCCC1)CC2. The van der Waals surface area contributed by atoms with Crippen LogP contribution in [0.15, 0.2) is 12.1 Å². The topological polar surface area (TPSA) is 74.6 Å². The van der Waals surface area contributed by atoms with Gasteiger partial charge in [-0.3, -0.25) is 9.69 Å². The van der Waals surface area contributed by atoms with Gasteiger partial charge in [0.05, 0.1) is 26.3 Å². The monoisotopic (exact) mass is 371 g/mol. The van der Waals surface area contributed by atoms with Crippen LogP contribution in [0, 0.1) is 11.3 Å². The van der Waals surface area contributed by atoms with E-state index in [0.717, 1.165) is 56.4 Å². The Morgan fingerprint density at radius 1 is 1.19 bits per heavy atom. The first kappa shape index (κ1) is 19.5. The molecule has 1 aromatic rings. The van der Waals surface area contributed by atoms with Gasteiger partial charge in [0, 0.05) is 13.1 Å². The number of carbonyl (C=O) groups is 1. The molecule has 1 amide bonds. The number of fused-ring (bicyclic) bond motifs is 1. The summed E-state index contributed by atoms with van der Waals surface area (Å²) in [4.78, 5) is 15.0. The Bertz CT molecular complexity index is 735. The molecular formula is C21H29N3O3. The van der Waals surface area contributed by atoms with Crippen molar-refractivity contribution in [3.8, 4) is 17.6 Å². The molecule has 0 aromatic heterocycles. The van der Waals surface area contributed by atoms with Gasteiger partial charge in [0.25, 0.3) is 0 Å². The Morgan fingerprint density at radius 2 is 1.81 bits per heavy atom. The summed E-state index contributed by atoms with van der Waals surface area (Å²) in [5.41, 5.74) is 1.71. The molecule has 0 unspecified atom stereocenters. The van der Waals surface area contributed by atoms with Crippen LogP contribution in [0.2, 0.25) is 0 Å². The largest absolute Gasteiger partial charge is 0.493 e. The van der Waals surface area contributed by atoms with Gasteiger partial charge in [-0.05, 0) is 49.4 Å². The van der Waals surface area contributed by atoms with E-state index >= 15 is 0 Å². The average Bonchev–Trinajstić information content (AvgIpc) is 2.72. The average molecular weight is 371 g/mol. The first-order chi connectivity index (χ1) is 13.0. The number of rotatable bonds is 5. The zero-order valence-electron chi connectivity index (χ0n) is 16.5. The lowest BCUT2D eigenvalue weighted by molar-refractivity contribution is -0.128. The number of nitrogens with one attached hydrogen (secondary N) is 1. The number of hydrogen-bond acceptors (Lipinski definition) is 5. The van der Waals surface area contributed by atoms with Gasteiger partial charge >= 0.3 is 0 Å². The molecule has 1 atom stereocenters. The van der Waals surface area contributed by atoms with E-state index in [2.05, 4.69) is 16.3 Å². The predicted octanol–water partition coefficient (Wildman–Crippen LogP) is 2.79. The maximum atomic E-state index is 12.9. The summed E-state index contributed by atoms with van der Waals surface area (Å²) in [6.07, 6.45) is 5.51. The molecule has 1 aromatic carbocycles. The van der Waals surface area contributed by atoms with Crippen LogP contribution >= 0.6 is 0 Å². The van der Waals surface area contributed by atoms with Crippen molar-refractivity contribution in [1.82, 2.24) is 10.2 Å². The summed E-state index contributed by atoms with van der Waals surface area (Å²) in [6, 6.07) is 6.12. The van der Waals surface area contributed by atoms with Crippen molar-refractivity contribution in [3.05, 3.63) is 23.3 Å². The third-order valence-electron chi connectivity index (χ3n) is 5.96. The van der Waals surface area contributed by atoms with Crippen LogP contribution in [0.3, 0.4) is 0 Å². The molecule has 0 spiro atoms. The van der Waals surface area contributed by atoms with Gasteiger partial charge in [-0.2, -0.15) is 5.26 Å². The van der Waals surface area contributed by atoms with E-state index in [1.807, 2.05) is 19.1 Å². The lowest BCUT2D eigenvalue weighted by Gasteiger charge is -2.37. The smallest absolute Gasteiger partial charge is 0.238 e. The van der Waals surface area contributed by atoms with Crippen LogP contribution in [0.4, 0.5) is 0 Å². The number of amides is 1. The molecule has 6 heteroatoms. The van der Waals surface area contributed by atoms with Crippen molar-refractivity contribution in [2.24, 2.45) is 0 Å². The summed E-state index contributed by atoms with van der Waals surface area (Å²) < 4.78 is 10.8. The zero-order chi connectivity index (χ0) is 19.4. The van der Waals surface area contributed by atoms with Crippen molar-refractivity contribution < 1.29 is 14.3 Å². The molecule has 27 heavy (non-hydrogen) atoms. The van der Waals surface area contributed by atoms with E-state index in [9.17, 15) is 10.1 Å². The maximum Gasteiger partial charge on any atom is 0.238 e. The van der Waals surface area contributed by atoms with Crippen molar-refractivity contribution >= 4 is 5.91 Å². The van der Waals surface area contributed by atoms with Gasteiger partial charge in [0.1, 0.15) is 5.54 Å². The minimum atomic E-state index is -0.687. The fourth-order valence-corrected chi connectivity index (χ4v) is 4.16. The second-order valence-corrected chi connectivity index (χ2v) is 7.62. The van der Waals surface area contributed by atoms with Crippen molar-refractivity contribution in [1.29, 1.82) is 5.26 Å². The number of nitriles is 1. The van der Waals surface area contributed by atoms with Crippen LogP contribution < -0.4 is 14.8 Å². The van der Waals surface area contributed by atoms with Gasteiger partial charge in [-0.15, -0.1) is 0 Å². The fraction of sp³-hybridized carbons (Fsp3) is 0.619. The number of carbonyl (C=O) groups excluding carboxylic acids is 1. The minimum Gasteiger partial charge on any atom is -0.493 e. The third kappa shape index (κ3) is 4.03. The molecule has 1 heterocycles. The number of methoxy groups -OCH3 is 2. The lowest BCUT2D eigenvalue weighted by Crippen LogP contribution is -2.55. The molecule has 1 aliphatic heterocycles. The summed E-state index contributed by atoms with van der Waals surface area (Å²) in [5, 5.41) is 12.7. The molecule has 146 valence electrons. The minimum absolute atomic E-state index is 0.0534.